The molecular formula is C8H10N2Te. The van der Waals surface area contributed by atoms with Crippen LogP contribution in [0.2, 0.25) is 0 Å². The van der Waals surface area contributed by atoms with Crippen molar-refractivity contribution in [2.45, 2.75) is 0 Å². The van der Waals surface area contributed by atoms with Gasteiger partial charge in [-0.15, -0.1) is 0 Å². The fraction of sp³-hybridized carbons (Fsp3) is 0.125. The molecule has 0 atom stereocenters. The maximum atomic E-state index is 5.57. The zero-order valence-electron chi connectivity index (χ0n) is 6.32. The Bertz CT molecular complexity index is 244. The molecule has 0 amide bonds. The van der Waals surface area contributed by atoms with Crippen molar-refractivity contribution in [3.8, 4) is 0 Å². The van der Waals surface area contributed by atoms with Crippen molar-refractivity contribution in [1.29, 1.82) is 0 Å². The summed E-state index contributed by atoms with van der Waals surface area (Å²) in [4.78, 5) is 0. The van der Waals surface area contributed by atoms with Crippen molar-refractivity contribution in [1.82, 2.24) is 5.01 Å². The number of nitrogens with two attached hydrogens (primary N) is 1. The van der Waals surface area contributed by atoms with Crippen LogP contribution in [0.5, 0.6) is 0 Å². The number of rotatable bonds is 2. The van der Waals surface area contributed by atoms with Crippen molar-refractivity contribution in [2.75, 3.05) is 7.05 Å². The predicted molar refractivity (Wildman–Crippen MR) is 48.3 cm³/mol. The summed E-state index contributed by atoms with van der Waals surface area (Å²) in [5.74, 6) is 5.57. The molecule has 58 valence electrons. The van der Waals surface area contributed by atoms with Gasteiger partial charge in [-0.3, -0.25) is 0 Å². The van der Waals surface area contributed by atoms with Crippen LogP contribution in [-0.4, -0.2) is 37.6 Å². The van der Waals surface area contributed by atoms with Gasteiger partial charge in [0.05, 0.1) is 0 Å². The van der Waals surface area contributed by atoms with Crippen LogP contribution in [0.4, 0.5) is 0 Å². The predicted octanol–water partition coefficient (Wildman–Crippen LogP) is 0.139. The summed E-state index contributed by atoms with van der Waals surface area (Å²) in [6, 6.07) is 10.1. The molecule has 2 nitrogen and oxygen atoms in total. The number of hydrogen-bond donors (Lipinski definition) is 1. The van der Waals surface area contributed by atoms with Crippen LogP contribution in [0.1, 0.15) is 5.56 Å². The van der Waals surface area contributed by atoms with Crippen molar-refractivity contribution in [3.63, 3.8) is 0 Å². The third-order valence-corrected chi connectivity index (χ3v) is 2.84. The van der Waals surface area contributed by atoms with E-state index in [1.54, 1.807) is 5.01 Å². The minimum atomic E-state index is 1.08. The first-order chi connectivity index (χ1) is 5.22. The van der Waals surface area contributed by atoms with E-state index in [0.29, 0.717) is 0 Å². The van der Waals surface area contributed by atoms with E-state index in [0.717, 1.165) is 3.67 Å². The van der Waals surface area contributed by atoms with Gasteiger partial charge in [-0.05, 0) is 0 Å². The van der Waals surface area contributed by atoms with Crippen LogP contribution >= 0.6 is 0 Å². The van der Waals surface area contributed by atoms with E-state index in [9.17, 15) is 0 Å². The van der Waals surface area contributed by atoms with E-state index in [1.165, 1.54) is 5.56 Å². The van der Waals surface area contributed by atoms with E-state index in [4.69, 9.17) is 5.84 Å². The summed E-state index contributed by atoms with van der Waals surface area (Å²) in [7, 11) is 1.84. The monoisotopic (exact) mass is 264 g/mol. The van der Waals surface area contributed by atoms with E-state index in [1.807, 2.05) is 59.2 Å². The molecule has 0 aliphatic rings. The molecule has 0 saturated heterocycles. The summed E-state index contributed by atoms with van der Waals surface area (Å²) < 4.78 is 1.08. The quantitative estimate of drug-likeness (QED) is 0.466. The van der Waals surface area contributed by atoms with Crippen LogP contribution in [0, 0.1) is 0 Å². The summed E-state index contributed by atoms with van der Waals surface area (Å²) in [5.41, 5.74) is 1.17. The third-order valence-electron chi connectivity index (χ3n) is 1.34. The Morgan fingerprint density at radius 3 is 2.36 bits per heavy atom. The first-order valence-electron chi connectivity index (χ1n) is 3.29. The van der Waals surface area contributed by atoms with Gasteiger partial charge in [-0.25, -0.2) is 0 Å². The molecule has 1 aromatic rings. The Hall–Kier alpha value is -0.360. The Morgan fingerprint density at radius 1 is 1.36 bits per heavy atom. The second-order valence-corrected chi connectivity index (χ2v) is 3.39. The third kappa shape index (κ3) is 2.30. The van der Waals surface area contributed by atoms with E-state index >= 15 is 0 Å². The molecule has 0 radical (unpaired) electrons. The molecule has 3 heteroatoms. The number of nitrogens with zero attached hydrogens (tertiary/aromatic N) is 1. The van der Waals surface area contributed by atoms with Gasteiger partial charge in [0.2, 0.25) is 0 Å². The van der Waals surface area contributed by atoms with Gasteiger partial charge in [0, 0.05) is 0 Å². The van der Waals surface area contributed by atoms with Crippen LogP contribution < -0.4 is 5.84 Å². The molecule has 0 spiro atoms. The van der Waals surface area contributed by atoms with Gasteiger partial charge >= 0.3 is 79.3 Å². The zero-order valence-corrected chi connectivity index (χ0v) is 8.65. The minimum absolute atomic E-state index is 1.08. The Kier molecular flexibility index (Phi) is 3.07. The first-order valence-corrected chi connectivity index (χ1v) is 4.46. The van der Waals surface area contributed by atoms with Gasteiger partial charge in [-0.2, -0.15) is 0 Å². The summed E-state index contributed by atoms with van der Waals surface area (Å²) in [5, 5.41) is 1.62. The molecule has 11 heavy (non-hydrogen) atoms. The van der Waals surface area contributed by atoms with Crippen LogP contribution in [0.3, 0.4) is 0 Å². The van der Waals surface area contributed by atoms with Gasteiger partial charge in [0.25, 0.3) is 0 Å². The summed E-state index contributed by atoms with van der Waals surface area (Å²) in [6.45, 7) is 0. The molecule has 1 rings (SSSR count). The molecule has 0 aliphatic heterocycles. The Balaban J connectivity index is 2.86. The van der Waals surface area contributed by atoms with Crippen molar-refractivity contribution in [2.24, 2.45) is 5.84 Å². The fourth-order valence-corrected chi connectivity index (χ4v) is 1.17. The molecule has 0 aromatic heterocycles. The van der Waals surface area contributed by atoms with Crippen molar-refractivity contribution >= 4 is 25.5 Å². The van der Waals surface area contributed by atoms with Gasteiger partial charge < -0.3 is 0 Å². The number of benzene rings is 1. The topological polar surface area (TPSA) is 29.3 Å². The molecule has 0 heterocycles. The van der Waals surface area contributed by atoms with Crippen LogP contribution in [-0.2, 0) is 0 Å². The molecular weight excluding hydrogens is 252 g/mol. The molecule has 0 bridgehead atoms. The average molecular weight is 262 g/mol. The van der Waals surface area contributed by atoms with Crippen molar-refractivity contribution in [3.05, 3.63) is 35.9 Å². The van der Waals surface area contributed by atoms with E-state index in [2.05, 4.69) is 0 Å². The average Bonchev–Trinajstić information content (AvgIpc) is 2.05. The maximum absolute atomic E-state index is 5.57. The van der Waals surface area contributed by atoms with E-state index < -0.39 is 0 Å². The fourth-order valence-electron chi connectivity index (χ4n) is 0.784. The zero-order chi connectivity index (χ0) is 8.27. The van der Waals surface area contributed by atoms with Gasteiger partial charge in [-0.1, -0.05) is 0 Å². The summed E-state index contributed by atoms with van der Waals surface area (Å²) >= 11 is 1.92. The second-order valence-electron chi connectivity index (χ2n) is 2.28. The number of hydrazine groups is 1. The molecule has 0 fully saturated rings. The normalized spacial score (nSPS) is 9.27. The van der Waals surface area contributed by atoms with Gasteiger partial charge in [0.15, 0.2) is 0 Å². The molecule has 2 N–H and O–H groups in total. The Labute approximate surface area is 79.4 Å². The van der Waals surface area contributed by atoms with Crippen LogP contribution in [0.15, 0.2) is 30.3 Å². The Morgan fingerprint density at radius 2 is 1.91 bits per heavy atom. The molecule has 0 saturated carbocycles. The first kappa shape index (κ1) is 8.73. The second kappa shape index (κ2) is 3.87. The van der Waals surface area contributed by atoms with Crippen molar-refractivity contribution < 1.29 is 0 Å². The molecule has 1 aromatic carbocycles. The SMILES string of the molecule is CN(N)C(=[Te])c1ccccc1. The van der Waals surface area contributed by atoms with Crippen LogP contribution in [0.25, 0.3) is 0 Å². The molecule has 0 unspecified atom stereocenters. The number of hydrogen-bond acceptors (Lipinski definition) is 2. The van der Waals surface area contributed by atoms with Gasteiger partial charge in [0.1, 0.15) is 0 Å². The van der Waals surface area contributed by atoms with E-state index in [-0.39, 0.29) is 0 Å². The molecule has 0 aliphatic carbocycles. The summed E-state index contributed by atoms with van der Waals surface area (Å²) in [6.07, 6.45) is 0. The standard InChI is InChI=1S/C8H10N2Te/c1-10(9)8(11)7-5-3-2-4-6-7/h2-6H,9H2,1H3.